The Hall–Kier alpha value is -1.65. The van der Waals surface area contributed by atoms with Crippen molar-refractivity contribution >= 4 is 11.8 Å². The molecular formula is C14H21N3O2. The molecule has 0 spiro atoms. The SMILES string of the molecule is CC1CC(OC(=O)c2nccnc2N)CC(C)(C)C1. The fraction of sp³-hybridized carbons (Fsp3) is 0.643. The molecule has 19 heavy (non-hydrogen) atoms. The maximum Gasteiger partial charge on any atom is 0.361 e. The number of aromatic nitrogens is 2. The van der Waals surface area contributed by atoms with Crippen LogP contribution >= 0.6 is 0 Å². The van der Waals surface area contributed by atoms with Crippen LogP contribution in [0.5, 0.6) is 0 Å². The summed E-state index contributed by atoms with van der Waals surface area (Å²) in [5.74, 6) is 0.205. The van der Waals surface area contributed by atoms with Crippen molar-refractivity contribution in [3.05, 3.63) is 18.1 Å². The number of ether oxygens (including phenoxy) is 1. The lowest BCUT2D eigenvalue weighted by Gasteiger charge is -2.38. The number of hydrogen-bond donors (Lipinski definition) is 1. The first-order chi connectivity index (χ1) is 8.87. The average Bonchev–Trinajstić information content (AvgIpc) is 2.26. The van der Waals surface area contributed by atoms with E-state index < -0.39 is 5.97 Å². The Balaban J connectivity index is 2.05. The molecule has 1 aromatic rings. The molecule has 1 aliphatic rings. The summed E-state index contributed by atoms with van der Waals surface area (Å²) in [6, 6.07) is 0. The third-order valence-corrected chi connectivity index (χ3v) is 3.54. The summed E-state index contributed by atoms with van der Waals surface area (Å²) in [6.45, 7) is 6.61. The second-order valence-electron chi connectivity index (χ2n) is 6.23. The highest BCUT2D eigenvalue weighted by molar-refractivity contribution is 5.91. The van der Waals surface area contributed by atoms with Gasteiger partial charge < -0.3 is 10.5 Å². The van der Waals surface area contributed by atoms with Gasteiger partial charge in [0.2, 0.25) is 0 Å². The largest absolute Gasteiger partial charge is 0.458 e. The van der Waals surface area contributed by atoms with E-state index in [1.807, 2.05) is 0 Å². The number of esters is 1. The van der Waals surface area contributed by atoms with Crippen molar-refractivity contribution in [1.82, 2.24) is 9.97 Å². The number of nitrogens with zero attached hydrogens (tertiary/aromatic N) is 2. The van der Waals surface area contributed by atoms with Crippen LogP contribution in [-0.4, -0.2) is 22.0 Å². The molecule has 1 saturated carbocycles. The smallest absolute Gasteiger partial charge is 0.361 e. The maximum absolute atomic E-state index is 12.0. The van der Waals surface area contributed by atoms with Gasteiger partial charge in [-0.25, -0.2) is 14.8 Å². The standard InChI is InChI=1S/C14H21N3O2/c1-9-6-10(8-14(2,3)7-9)19-13(18)11-12(15)17-5-4-16-11/h4-5,9-10H,6-8H2,1-3H3,(H2,15,17). The zero-order chi connectivity index (χ0) is 14.0. The van der Waals surface area contributed by atoms with E-state index in [0.29, 0.717) is 5.92 Å². The van der Waals surface area contributed by atoms with E-state index >= 15 is 0 Å². The minimum absolute atomic E-state index is 0.0624. The van der Waals surface area contributed by atoms with Crippen molar-refractivity contribution in [3.8, 4) is 0 Å². The van der Waals surface area contributed by atoms with Crippen LogP contribution in [0.4, 0.5) is 5.82 Å². The number of anilines is 1. The molecule has 1 fully saturated rings. The summed E-state index contributed by atoms with van der Waals surface area (Å²) in [7, 11) is 0. The summed E-state index contributed by atoms with van der Waals surface area (Å²) in [5.41, 5.74) is 5.95. The van der Waals surface area contributed by atoms with Crippen LogP contribution < -0.4 is 5.73 Å². The number of hydrogen-bond acceptors (Lipinski definition) is 5. The third-order valence-electron chi connectivity index (χ3n) is 3.54. The number of nitrogens with two attached hydrogens (primary N) is 1. The van der Waals surface area contributed by atoms with Crippen LogP contribution in [-0.2, 0) is 4.74 Å². The molecule has 0 aliphatic heterocycles. The molecule has 0 amide bonds. The van der Waals surface area contributed by atoms with E-state index in [9.17, 15) is 4.79 Å². The Morgan fingerprint density at radius 2 is 2.05 bits per heavy atom. The monoisotopic (exact) mass is 263 g/mol. The average molecular weight is 263 g/mol. The van der Waals surface area contributed by atoms with Gasteiger partial charge in [-0.15, -0.1) is 0 Å². The van der Waals surface area contributed by atoms with Gasteiger partial charge in [0.25, 0.3) is 0 Å². The number of carbonyl (C=O) groups excluding carboxylic acids is 1. The predicted octanol–water partition coefficient (Wildman–Crippen LogP) is 2.43. The first kappa shape index (κ1) is 13.8. The Morgan fingerprint density at radius 1 is 1.37 bits per heavy atom. The lowest BCUT2D eigenvalue weighted by Crippen LogP contribution is -2.34. The summed E-state index contributed by atoms with van der Waals surface area (Å²) in [6.07, 6.45) is 5.78. The Kier molecular flexibility index (Phi) is 3.73. The highest BCUT2D eigenvalue weighted by atomic mass is 16.5. The van der Waals surface area contributed by atoms with Crippen molar-refractivity contribution in [3.63, 3.8) is 0 Å². The molecule has 0 bridgehead atoms. The summed E-state index contributed by atoms with van der Waals surface area (Å²) >= 11 is 0. The van der Waals surface area contributed by atoms with Crippen LogP contribution in [0, 0.1) is 11.3 Å². The van der Waals surface area contributed by atoms with Gasteiger partial charge in [0.05, 0.1) is 0 Å². The van der Waals surface area contributed by atoms with Gasteiger partial charge in [0.15, 0.2) is 11.5 Å². The van der Waals surface area contributed by atoms with Crippen LogP contribution in [0.1, 0.15) is 50.5 Å². The van der Waals surface area contributed by atoms with E-state index in [4.69, 9.17) is 10.5 Å². The molecule has 2 N–H and O–H groups in total. The van der Waals surface area contributed by atoms with Gasteiger partial charge in [-0.1, -0.05) is 20.8 Å². The van der Waals surface area contributed by atoms with Crippen LogP contribution in [0.15, 0.2) is 12.4 Å². The molecule has 1 heterocycles. The molecule has 2 atom stereocenters. The molecule has 0 aromatic carbocycles. The zero-order valence-electron chi connectivity index (χ0n) is 11.7. The Morgan fingerprint density at radius 3 is 2.68 bits per heavy atom. The topological polar surface area (TPSA) is 78.1 Å². The number of nitrogen functional groups attached to an aromatic ring is 1. The first-order valence-corrected chi connectivity index (χ1v) is 6.65. The Labute approximate surface area is 113 Å². The van der Waals surface area contributed by atoms with E-state index in [0.717, 1.165) is 19.3 Å². The molecule has 2 rings (SSSR count). The third kappa shape index (κ3) is 3.43. The zero-order valence-corrected chi connectivity index (χ0v) is 11.7. The van der Waals surface area contributed by atoms with Gasteiger partial charge in [-0.2, -0.15) is 0 Å². The lowest BCUT2D eigenvalue weighted by molar-refractivity contribution is -0.00758. The van der Waals surface area contributed by atoms with Crippen molar-refractivity contribution in [2.75, 3.05) is 5.73 Å². The van der Waals surface area contributed by atoms with Gasteiger partial charge in [-0.3, -0.25) is 0 Å². The normalized spacial score (nSPS) is 25.8. The molecule has 1 aromatic heterocycles. The van der Waals surface area contributed by atoms with Gasteiger partial charge in [0.1, 0.15) is 6.10 Å². The summed E-state index contributed by atoms with van der Waals surface area (Å²) in [5, 5.41) is 0. The van der Waals surface area contributed by atoms with E-state index in [-0.39, 0.29) is 23.0 Å². The van der Waals surface area contributed by atoms with Crippen LogP contribution in [0.25, 0.3) is 0 Å². The van der Waals surface area contributed by atoms with Crippen LogP contribution in [0.2, 0.25) is 0 Å². The highest BCUT2D eigenvalue weighted by Gasteiger charge is 2.34. The molecule has 1 aliphatic carbocycles. The van der Waals surface area contributed by atoms with Crippen molar-refractivity contribution in [2.45, 2.75) is 46.1 Å². The maximum atomic E-state index is 12.0. The number of carbonyl (C=O) groups is 1. The minimum Gasteiger partial charge on any atom is -0.458 e. The number of rotatable bonds is 2. The fourth-order valence-electron chi connectivity index (χ4n) is 3.06. The molecular weight excluding hydrogens is 242 g/mol. The van der Waals surface area contributed by atoms with Crippen LogP contribution in [0.3, 0.4) is 0 Å². The lowest BCUT2D eigenvalue weighted by atomic mass is 9.71. The van der Waals surface area contributed by atoms with Gasteiger partial charge in [0, 0.05) is 12.4 Å². The quantitative estimate of drug-likeness (QED) is 0.829. The summed E-state index contributed by atoms with van der Waals surface area (Å²) < 4.78 is 5.54. The second kappa shape index (κ2) is 5.15. The first-order valence-electron chi connectivity index (χ1n) is 6.65. The van der Waals surface area contributed by atoms with Gasteiger partial charge in [-0.05, 0) is 30.6 Å². The summed E-state index contributed by atoms with van der Waals surface area (Å²) in [4.78, 5) is 19.8. The molecule has 5 nitrogen and oxygen atoms in total. The van der Waals surface area contributed by atoms with Crippen molar-refractivity contribution in [1.29, 1.82) is 0 Å². The molecule has 2 unspecified atom stereocenters. The molecule has 0 saturated heterocycles. The van der Waals surface area contributed by atoms with E-state index in [1.54, 1.807) is 0 Å². The van der Waals surface area contributed by atoms with E-state index in [2.05, 4.69) is 30.7 Å². The second-order valence-corrected chi connectivity index (χ2v) is 6.23. The predicted molar refractivity (Wildman–Crippen MR) is 72.4 cm³/mol. The molecule has 0 radical (unpaired) electrons. The Bertz CT molecular complexity index is 474. The van der Waals surface area contributed by atoms with Gasteiger partial charge >= 0.3 is 5.97 Å². The minimum atomic E-state index is -0.472. The molecule has 5 heteroatoms. The molecule has 104 valence electrons. The fourth-order valence-corrected chi connectivity index (χ4v) is 3.06. The van der Waals surface area contributed by atoms with E-state index in [1.165, 1.54) is 12.4 Å². The van der Waals surface area contributed by atoms with Crippen molar-refractivity contribution < 1.29 is 9.53 Å². The van der Waals surface area contributed by atoms with Crippen molar-refractivity contribution in [2.24, 2.45) is 11.3 Å². The highest BCUT2D eigenvalue weighted by Crippen LogP contribution is 2.39.